The van der Waals surface area contributed by atoms with Crippen LogP contribution in [0.1, 0.15) is 24.6 Å². The lowest BCUT2D eigenvalue weighted by molar-refractivity contribution is 0.144. The van der Waals surface area contributed by atoms with Gasteiger partial charge in [-0.2, -0.15) is 0 Å². The van der Waals surface area contributed by atoms with Crippen LogP contribution in [0, 0.1) is 6.92 Å². The molecule has 0 aliphatic heterocycles. The Bertz CT molecular complexity index is 276. The fourth-order valence-electron chi connectivity index (χ4n) is 1.37. The molecule has 0 aromatic carbocycles. The molecular formula is C12H20N2O. The van der Waals surface area contributed by atoms with Crippen LogP contribution in [0.2, 0.25) is 0 Å². The van der Waals surface area contributed by atoms with Gasteiger partial charge in [0.25, 0.3) is 0 Å². The van der Waals surface area contributed by atoms with Gasteiger partial charge < -0.3 is 10.1 Å². The van der Waals surface area contributed by atoms with Crippen molar-refractivity contribution < 1.29 is 4.74 Å². The van der Waals surface area contributed by atoms with Gasteiger partial charge in [-0.3, -0.25) is 4.98 Å². The van der Waals surface area contributed by atoms with E-state index in [1.54, 1.807) is 0 Å². The zero-order valence-corrected chi connectivity index (χ0v) is 9.62. The van der Waals surface area contributed by atoms with Gasteiger partial charge in [-0.05, 0) is 38.4 Å². The fourth-order valence-corrected chi connectivity index (χ4v) is 1.37. The van der Waals surface area contributed by atoms with Gasteiger partial charge in [-0.25, -0.2) is 0 Å². The van der Waals surface area contributed by atoms with Crippen molar-refractivity contribution >= 4 is 0 Å². The third kappa shape index (κ3) is 4.91. The average Bonchev–Trinajstić information content (AvgIpc) is 2.25. The molecule has 15 heavy (non-hydrogen) atoms. The summed E-state index contributed by atoms with van der Waals surface area (Å²) in [5.74, 6) is 0. The van der Waals surface area contributed by atoms with Crippen LogP contribution in [0.3, 0.4) is 0 Å². The van der Waals surface area contributed by atoms with Crippen LogP contribution in [0.25, 0.3) is 0 Å². The molecule has 0 aliphatic carbocycles. The number of aryl methyl sites for hydroxylation is 1. The van der Waals surface area contributed by atoms with E-state index in [2.05, 4.69) is 16.4 Å². The van der Waals surface area contributed by atoms with Gasteiger partial charge in [0.2, 0.25) is 0 Å². The number of hydrogen-bond acceptors (Lipinski definition) is 3. The van der Waals surface area contributed by atoms with E-state index in [-0.39, 0.29) is 0 Å². The van der Waals surface area contributed by atoms with Crippen LogP contribution >= 0.6 is 0 Å². The molecule has 1 N–H and O–H groups in total. The Morgan fingerprint density at radius 2 is 2.33 bits per heavy atom. The summed E-state index contributed by atoms with van der Waals surface area (Å²) >= 11 is 0. The van der Waals surface area contributed by atoms with E-state index < -0.39 is 0 Å². The van der Waals surface area contributed by atoms with Crippen molar-refractivity contribution in [1.29, 1.82) is 0 Å². The molecule has 0 fully saturated rings. The minimum Gasteiger partial charge on any atom is -0.382 e. The molecule has 0 bridgehead atoms. The van der Waals surface area contributed by atoms with Crippen LogP contribution in [-0.4, -0.2) is 24.7 Å². The molecule has 1 rings (SSSR count). The highest BCUT2D eigenvalue weighted by atomic mass is 16.5. The number of ether oxygens (including phenoxy) is 1. The lowest BCUT2D eigenvalue weighted by atomic mass is 10.2. The molecule has 0 amide bonds. The van der Waals surface area contributed by atoms with Crippen molar-refractivity contribution in [1.82, 2.24) is 10.3 Å². The molecule has 0 unspecified atom stereocenters. The van der Waals surface area contributed by atoms with Crippen molar-refractivity contribution in [3.05, 3.63) is 29.6 Å². The number of pyridine rings is 1. The van der Waals surface area contributed by atoms with Crippen molar-refractivity contribution in [2.45, 2.75) is 26.8 Å². The Labute approximate surface area is 91.9 Å². The second-order valence-electron chi connectivity index (χ2n) is 3.48. The lowest BCUT2D eigenvalue weighted by Crippen LogP contribution is -2.17. The summed E-state index contributed by atoms with van der Waals surface area (Å²) in [4.78, 5) is 4.24. The molecular weight excluding hydrogens is 188 g/mol. The first-order valence-electron chi connectivity index (χ1n) is 5.53. The molecule has 0 aliphatic rings. The van der Waals surface area contributed by atoms with E-state index in [1.165, 1.54) is 5.56 Å². The minimum absolute atomic E-state index is 0.807. The third-order valence-corrected chi connectivity index (χ3v) is 2.28. The van der Waals surface area contributed by atoms with E-state index in [1.807, 2.05) is 26.1 Å². The fraction of sp³-hybridized carbons (Fsp3) is 0.583. The summed E-state index contributed by atoms with van der Waals surface area (Å²) in [6.07, 6.45) is 2.89. The van der Waals surface area contributed by atoms with Crippen molar-refractivity contribution in [2.24, 2.45) is 0 Å². The number of aromatic nitrogens is 1. The highest BCUT2D eigenvalue weighted by Gasteiger charge is 1.96. The van der Waals surface area contributed by atoms with E-state index in [9.17, 15) is 0 Å². The summed E-state index contributed by atoms with van der Waals surface area (Å²) in [5, 5.41) is 3.38. The van der Waals surface area contributed by atoms with Gasteiger partial charge in [0.1, 0.15) is 0 Å². The molecule has 1 aromatic rings. The molecule has 0 saturated heterocycles. The third-order valence-electron chi connectivity index (χ3n) is 2.28. The minimum atomic E-state index is 0.807. The monoisotopic (exact) mass is 208 g/mol. The first-order valence-corrected chi connectivity index (χ1v) is 5.53. The Kier molecular flexibility index (Phi) is 5.97. The van der Waals surface area contributed by atoms with Crippen molar-refractivity contribution in [3.8, 4) is 0 Å². The Morgan fingerprint density at radius 1 is 1.47 bits per heavy atom. The molecule has 1 aromatic heterocycles. The maximum atomic E-state index is 5.26. The van der Waals surface area contributed by atoms with Gasteiger partial charge in [0.05, 0.1) is 0 Å². The predicted molar refractivity (Wildman–Crippen MR) is 61.8 cm³/mol. The Hall–Kier alpha value is -0.930. The number of hydrogen-bond donors (Lipinski definition) is 1. The second-order valence-corrected chi connectivity index (χ2v) is 3.48. The van der Waals surface area contributed by atoms with E-state index in [0.717, 1.165) is 38.4 Å². The number of nitrogens with one attached hydrogen (secondary N) is 1. The van der Waals surface area contributed by atoms with Crippen molar-refractivity contribution in [3.63, 3.8) is 0 Å². The predicted octanol–water partition coefficient (Wildman–Crippen LogP) is 1.91. The summed E-state index contributed by atoms with van der Waals surface area (Å²) in [6.45, 7) is 7.60. The highest BCUT2D eigenvalue weighted by Crippen LogP contribution is 2.02. The molecule has 0 spiro atoms. The summed E-state index contributed by atoms with van der Waals surface area (Å²) in [7, 11) is 0. The Morgan fingerprint density at radius 3 is 3.07 bits per heavy atom. The molecule has 84 valence electrons. The topological polar surface area (TPSA) is 34.1 Å². The quantitative estimate of drug-likeness (QED) is 0.695. The van der Waals surface area contributed by atoms with E-state index in [4.69, 9.17) is 4.74 Å². The zero-order chi connectivity index (χ0) is 10.9. The molecule has 0 atom stereocenters. The van der Waals surface area contributed by atoms with Crippen LogP contribution in [0.15, 0.2) is 18.3 Å². The standard InChI is InChI=1S/C12H20N2O/c1-3-15-9-5-7-13-10-12-6-4-8-14-11(12)2/h4,6,8,13H,3,5,7,9-10H2,1-2H3. The Balaban J connectivity index is 2.12. The van der Waals surface area contributed by atoms with E-state index in [0.29, 0.717) is 0 Å². The number of rotatable bonds is 7. The van der Waals surface area contributed by atoms with Crippen LogP contribution < -0.4 is 5.32 Å². The van der Waals surface area contributed by atoms with Gasteiger partial charge in [-0.15, -0.1) is 0 Å². The first-order chi connectivity index (χ1) is 7.34. The number of nitrogens with zero attached hydrogens (tertiary/aromatic N) is 1. The SMILES string of the molecule is CCOCCCNCc1cccnc1C. The molecule has 0 saturated carbocycles. The molecule has 3 nitrogen and oxygen atoms in total. The summed E-state index contributed by atoms with van der Waals surface area (Å²) < 4.78 is 5.26. The normalized spacial score (nSPS) is 10.5. The lowest BCUT2D eigenvalue weighted by Gasteiger charge is -2.06. The van der Waals surface area contributed by atoms with Gasteiger partial charge in [-0.1, -0.05) is 6.07 Å². The average molecular weight is 208 g/mol. The largest absolute Gasteiger partial charge is 0.382 e. The molecule has 1 heterocycles. The summed E-state index contributed by atoms with van der Waals surface area (Å²) in [6, 6.07) is 4.09. The first kappa shape index (κ1) is 12.1. The maximum absolute atomic E-state index is 5.26. The highest BCUT2D eigenvalue weighted by molar-refractivity contribution is 5.17. The van der Waals surface area contributed by atoms with Crippen LogP contribution in [-0.2, 0) is 11.3 Å². The van der Waals surface area contributed by atoms with Gasteiger partial charge >= 0.3 is 0 Å². The zero-order valence-electron chi connectivity index (χ0n) is 9.62. The van der Waals surface area contributed by atoms with E-state index >= 15 is 0 Å². The summed E-state index contributed by atoms with van der Waals surface area (Å²) in [5.41, 5.74) is 2.38. The second kappa shape index (κ2) is 7.37. The maximum Gasteiger partial charge on any atom is 0.0477 e. The smallest absolute Gasteiger partial charge is 0.0477 e. The van der Waals surface area contributed by atoms with Crippen LogP contribution in [0.4, 0.5) is 0 Å². The van der Waals surface area contributed by atoms with Crippen molar-refractivity contribution in [2.75, 3.05) is 19.8 Å². The molecule has 0 radical (unpaired) electrons. The van der Waals surface area contributed by atoms with Gasteiger partial charge in [0.15, 0.2) is 0 Å². The molecule has 3 heteroatoms. The van der Waals surface area contributed by atoms with Crippen LogP contribution in [0.5, 0.6) is 0 Å². The van der Waals surface area contributed by atoms with Gasteiger partial charge in [0, 0.05) is 31.6 Å².